The van der Waals surface area contributed by atoms with Gasteiger partial charge in [0, 0.05) is 38.8 Å². The van der Waals surface area contributed by atoms with Gasteiger partial charge in [0.2, 0.25) is 0 Å². The summed E-state index contributed by atoms with van der Waals surface area (Å²) in [5.74, 6) is -0.247. The predicted octanol–water partition coefficient (Wildman–Crippen LogP) is 0.499. The van der Waals surface area contributed by atoms with Crippen LogP contribution in [0, 0.1) is 6.92 Å². The summed E-state index contributed by atoms with van der Waals surface area (Å²) in [5.41, 5.74) is 1.88. The van der Waals surface area contributed by atoms with Crippen LogP contribution in [0.3, 0.4) is 0 Å². The number of carbonyl (C=O) groups is 1. The molecule has 1 aliphatic heterocycles. The highest BCUT2D eigenvalue weighted by Gasteiger charge is 2.12. The van der Waals surface area contributed by atoms with Gasteiger partial charge in [-0.25, -0.2) is 4.68 Å². The Balaban J connectivity index is 1.53. The van der Waals surface area contributed by atoms with Gasteiger partial charge in [-0.3, -0.25) is 14.7 Å². The first-order valence-electron chi connectivity index (χ1n) is 8.74. The number of amides is 1. The zero-order valence-corrected chi connectivity index (χ0v) is 14.5. The maximum absolute atomic E-state index is 12.2. The molecule has 7 nitrogen and oxygen atoms in total. The van der Waals surface area contributed by atoms with Crippen molar-refractivity contribution in [3.05, 3.63) is 51.9 Å². The Morgan fingerprint density at radius 2 is 1.92 bits per heavy atom. The van der Waals surface area contributed by atoms with E-state index in [9.17, 15) is 9.59 Å². The first-order valence-corrected chi connectivity index (χ1v) is 8.74. The topological polar surface area (TPSA) is 82.2 Å². The lowest BCUT2D eigenvalue weighted by atomic mass is 10.2. The summed E-state index contributed by atoms with van der Waals surface area (Å²) < 4.78 is 1.38. The van der Waals surface area contributed by atoms with Crippen molar-refractivity contribution in [3.8, 4) is 5.69 Å². The molecule has 0 spiro atoms. The van der Waals surface area contributed by atoms with Crippen molar-refractivity contribution >= 4 is 5.91 Å². The lowest BCUT2D eigenvalue weighted by Gasteiger charge is -2.27. The summed E-state index contributed by atoms with van der Waals surface area (Å²) in [6.07, 6.45) is 0.897. The zero-order valence-electron chi connectivity index (χ0n) is 14.5. The molecular weight excluding hydrogens is 318 g/mol. The number of nitrogens with zero attached hydrogens (tertiary/aromatic N) is 2. The molecule has 1 amide bonds. The van der Waals surface area contributed by atoms with Crippen molar-refractivity contribution in [3.63, 3.8) is 0 Å². The van der Waals surface area contributed by atoms with Crippen LogP contribution >= 0.6 is 0 Å². The van der Waals surface area contributed by atoms with E-state index in [2.05, 4.69) is 20.6 Å². The van der Waals surface area contributed by atoms with Crippen LogP contribution in [0.2, 0.25) is 0 Å². The van der Waals surface area contributed by atoms with Crippen LogP contribution in [0.15, 0.2) is 35.1 Å². The number of piperazine rings is 1. The number of hydrogen-bond acceptors (Lipinski definition) is 4. The van der Waals surface area contributed by atoms with Gasteiger partial charge in [-0.2, -0.15) is 0 Å². The summed E-state index contributed by atoms with van der Waals surface area (Å²) >= 11 is 0. The van der Waals surface area contributed by atoms with Gasteiger partial charge in [0.25, 0.3) is 11.5 Å². The van der Waals surface area contributed by atoms with Crippen LogP contribution in [-0.2, 0) is 0 Å². The predicted molar refractivity (Wildman–Crippen MR) is 97.4 cm³/mol. The maximum Gasteiger partial charge on any atom is 0.271 e. The van der Waals surface area contributed by atoms with Gasteiger partial charge >= 0.3 is 0 Å². The Bertz CT molecular complexity index is 757. The van der Waals surface area contributed by atoms with E-state index in [1.807, 2.05) is 31.2 Å². The summed E-state index contributed by atoms with van der Waals surface area (Å²) in [7, 11) is 0. The second-order valence-electron chi connectivity index (χ2n) is 6.38. The van der Waals surface area contributed by atoms with E-state index in [4.69, 9.17) is 0 Å². The molecule has 0 saturated carbocycles. The standard InChI is InChI=1S/C18H25N5O2/c1-14-3-5-15(6-4-14)23-17(24)13-16(21-23)18(25)20-7-2-10-22-11-8-19-9-12-22/h3-6,13,19,21H,2,7-12H2,1H3,(H,20,25). The van der Waals surface area contributed by atoms with Crippen LogP contribution in [-0.4, -0.2) is 59.9 Å². The molecule has 134 valence electrons. The van der Waals surface area contributed by atoms with E-state index in [0.717, 1.165) is 44.7 Å². The Labute approximate surface area is 147 Å². The molecule has 1 fully saturated rings. The molecule has 2 aromatic rings. The minimum absolute atomic E-state index is 0.241. The average Bonchev–Trinajstić information content (AvgIpc) is 3.02. The summed E-state index contributed by atoms with van der Waals surface area (Å²) in [6, 6.07) is 8.90. The maximum atomic E-state index is 12.2. The zero-order chi connectivity index (χ0) is 17.6. The van der Waals surface area contributed by atoms with E-state index < -0.39 is 0 Å². The number of nitrogens with one attached hydrogen (secondary N) is 3. The molecule has 0 aliphatic carbocycles. The van der Waals surface area contributed by atoms with Gasteiger partial charge in [-0.15, -0.1) is 0 Å². The van der Waals surface area contributed by atoms with Crippen molar-refractivity contribution < 1.29 is 4.79 Å². The largest absolute Gasteiger partial charge is 0.351 e. The second-order valence-corrected chi connectivity index (χ2v) is 6.38. The Morgan fingerprint density at radius 1 is 1.20 bits per heavy atom. The molecule has 25 heavy (non-hydrogen) atoms. The van der Waals surface area contributed by atoms with E-state index in [-0.39, 0.29) is 17.2 Å². The first-order chi connectivity index (χ1) is 12.1. The molecule has 0 unspecified atom stereocenters. The highest BCUT2D eigenvalue weighted by Crippen LogP contribution is 2.06. The molecule has 2 heterocycles. The molecule has 1 saturated heterocycles. The number of rotatable bonds is 6. The summed E-state index contributed by atoms with van der Waals surface area (Å²) in [6.45, 7) is 7.73. The van der Waals surface area contributed by atoms with Crippen LogP contribution in [0.4, 0.5) is 0 Å². The first kappa shape index (κ1) is 17.4. The van der Waals surface area contributed by atoms with Crippen LogP contribution in [0.1, 0.15) is 22.5 Å². The third-order valence-electron chi connectivity index (χ3n) is 4.40. The number of aromatic amines is 1. The van der Waals surface area contributed by atoms with Crippen LogP contribution < -0.4 is 16.2 Å². The van der Waals surface area contributed by atoms with E-state index in [1.165, 1.54) is 10.7 Å². The Morgan fingerprint density at radius 3 is 2.64 bits per heavy atom. The summed E-state index contributed by atoms with van der Waals surface area (Å²) in [5, 5.41) is 9.08. The minimum atomic E-state index is -0.247. The smallest absolute Gasteiger partial charge is 0.271 e. The third kappa shape index (κ3) is 4.58. The van der Waals surface area contributed by atoms with E-state index in [1.54, 1.807) is 0 Å². The molecule has 1 aromatic carbocycles. The summed E-state index contributed by atoms with van der Waals surface area (Å²) in [4.78, 5) is 26.7. The molecular formula is C18H25N5O2. The molecule has 1 aromatic heterocycles. The molecule has 3 rings (SSSR count). The number of H-pyrrole nitrogens is 1. The molecule has 0 atom stereocenters. The highest BCUT2D eigenvalue weighted by atomic mass is 16.2. The Kier molecular flexibility index (Phi) is 5.67. The van der Waals surface area contributed by atoms with Gasteiger partial charge in [0.1, 0.15) is 5.69 Å². The average molecular weight is 343 g/mol. The Hall–Kier alpha value is -2.38. The lowest BCUT2D eigenvalue weighted by Crippen LogP contribution is -2.44. The van der Waals surface area contributed by atoms with Gasteiger partial charge in [0.05, 0.1) is 5.69 Å². The van der Waals surface area contributed by atoms with Crippen LogP contribution in [0.5, 0.6) is 0 Å². The second kappa shape index (κ2) is 8.13. The van der Waals surface area contributed by atoms with Gasteiger partial charge in [-0.1, -0.05) is 17.7 Å². The molecule has 7 heteroatoms. The monoisotopic (exact) mass is 343 g/mol. The highest BCUT2D eigenvalue weighted by molar-refractivity contribution is 5.92. The fraction of sp³-hybridized carbons (Fsp3) is 0.444. The SMILES string of the molecule is Cc1ccc(-n2[nH]c(C(=O)NCCCN3CCNCC3)cc2=O)cc1. The van der Waals surface area contributed by atoms with Crippen molar-refractivity contribution in [2.45, 2.75) is 13.3 Å². The molecule has 3 N–H and O–H groups in total. The fourth-order valence-electron chi connectivity index (χ4n) is 2.93. The minimum Gasteiger partial charge on any atom is -0.351 e. The fourth-order valence-corrected chi connectivity index (χ4v) is 2.93. The van der Waals surface area contributed by atoms with E-state index >= 15 is 0 Å². The number of aromatic nitrogens is 2. The van der Waals surface area contributed by atoms with Crippen molar-refractivity contribution in [2.24, 2.45) is 0 Å². The lowest BCUT2D eigenvalue weighted by molar-refractivity contribution is 0.0946. The molecule has 0 radical (unpaired) electrons. The van der Waals surface area contributed by atoms with Crippen molar-refractivity contribution in [1.29, 1.82) is 0 Å². The molecule has 0 bridgehead atoms. The van der Waals surface area contributed by atoms with E-state index in [0.29, 0.717) is 12.2 Å². The van der Waals surface area contributed by atoms with Gasteiger partial charge < -0.3 is 15.5 Å². The van der Waals surface area contributed by atoms with Gasteiger partial charge in [-0.05, 0) is 32.0 Å². The molecule has 1 aliphatic rings. The third-order valence-corrected chi connectivity index (χ3v) is 4.40. The van der Waals surface area contributed by atoms with Crippen molar-refractivity contribution in [1.82, 2.24) is 25.3 Å². The van der Waals surface area contributed by atoms with Gasteiger partial charge in [0.15, 0.2) is 0 Å². The van der Waals surface area contributed by atoms with Crippen molar-refractivity contribution in [2.75, 3.05) is 39.3 Å². The number of hydrogen-bond donors (Lipinski definition) is 3. The number of aryl methyl sites for hydroxylation is 1. The number of carbonyl (C=O) groups excluding carboxylic acids is 1. The van der Waals surface area contributed by atoms with Crippen LogP contribution in [0.25, 0.3) is 5.69 Å². The quantitative estimate of drug-likeness (QED) is 0.667. The normalized spacial score (nSPS) is 15.2. The number of benzene rings is 1.